The van der Waals surface area contributed by atoms with E-state index in [9.17, 15) is 9.90 Å². The van der Waals surface area contributed by atoms with E-state index >= 15 is 0 Å². The van der Waals surface area contributed by atoms with Gasteiger partial charge in [0.05, 0.1) is 12.0 Å². The molecule has 0 aromatic heterocycles. The molecule has 2 aliphatic heterocycles. The van der Waals surface area contributed by atoms with Crippen LogP contribution < -0.4 is 10.1 Å². The average molecular weight is 285 g/mol. The molecule has 4 nitrogen and oxygen atoms in total. The Bertz CT molecular complexity index is 657. The van der Waals surface area contributed by atoms with E-state index in [2.05, 4.69) is 11.4 Å². The first kappa shape index (κ1) is 12.2. The Morgan fingerprint density at radius 3 is 3.14 bits per heavy atom. The normalized spacial score (nSPS) is 42.4. The molecule has 110 valence electrons. The summed E-state index contributed by atoms with van der Waals surface area (Å²) in [7, 11) is 0. The van der Waals surface area contributed by atoms with Crippen molar-refractivity contribution < 1.29 is 14.6 Å². The lowest BCUT2D eigenvalue weighted by atomic mass is 9.44. The van der Waals surface area contributed by atoms with Gasteiger partial charge in [0.25, 0.3) is 0 Å². The van der Waals surface area contributed by atoms with Crippen LogP contribution in [0.3, 0.4) is 0 Å². The van der Waals surface area contributed by atoms with Crippen LogP contribution in [0.25, 0.3) is 0 Å². The fraction of sp³-hybridized carbons (Fsp3) is 0.588. The maximum Gasteiger partial charge on any atom is 0.174 e. The Labute approximate surface area is 123 Å². The number of hydrogen-bond donors (Lipinski definition) is 2. The quantitative estimate of drug-likeness (QED) is 0.806. The molecule has 2 bridgehead atoms. The summed E-state index contributed by atoms with van der Waals surface area (Å²) in [6, 6.07) is 6.42. The number of hydrogen-bond acceptors (Lipinski definition) is 4. The van der Waals surface area contributed by atoms with E-state index in [1.807, 2.05) is 12.1 Å². The number of aliphatic hydroxyl groups is 1. The Hall–Kier alpha value is -1.39. The van der Waals surface area contributed by atoms with Crippen molar-refractivity contribution in [3.63, 3.8) is 0 Å². The van der Waals surface area contributed by atoms with Crippen molar-refractivity contribution >= 4 is 5.78 Å². The van der Waals surface area contributed by atoms with Gasteiger partial charge < -0.3 is 15.2 Å². The van der Waals surface area contributed by atoms with Gasteiger partial charge in [-0.05, 0) is 37.4 Å². The zero-order chi connectivity index (χ0) is 14.2. The number of carbonyl (C=O) groups is 1. The Morgan fingerprint density at radius 1 is 1.38 bits per heavy atom. The number of aliphatic hydroxyl groups excluding tert-OH is 1. The Morgan fingerprint density at radius 2 is 2.29 bits per heavy atom. The van der Waals surface area contributed by atoms with Crippen LogP contribution in [0.2, 0.25) is 0 Å². The number of ether oxygens (including phenoxy) is 1. The molecule has 2 N–H and O–H groups in total. The highest BCUT2D eigenvalue weighted by Crippen LogP contribution is 2.65. The van der Waals surface area contributed by atoms with E-state index in [1.165, 1.54) is 11.1 Å². The Balaban J connectivity index is 1.88. The summed E-state index contributed by atoms with van der Waals surface area (Å²) in [6.45, 7) is 1.03. The van der Waals surface area contributed by atoms with Crippen molar-refractivity contribution in [3.8, 4) is 5.75 Å². The summed E-state index contributed by atoms with van der Waals surface area (Å²) in [5, 5.41) is 13.9. The molecule has 1 aromatic carbocycles. The molecule has 2 aliphatic carbocycles. The van der Waals surface area contributed by atoms with Gasteiger partial charge in [-0.3, -0.25) is 4.79 Å². The molecule has 1 spiro atoms. The summed E-state index contributed by atoms with van der Waals surface area (Å²) in [6.07, 6.45) is 2.71. The zero-order valence-electron chi connectivity index (χ0n) is 11.9. The molecule has 2 fully saturated rings. The third kappa shape index (κ3) is 1.12. The van der Waals surface area contributed by atoms with Crippen molar-refractivity contribution in [2.45, 2.75) is 43.2 Å². The molecule has 1 saturated carbocycles. The number of nitrogens with one attached hydrogen (secondary N) is 1. The molecule has 4 heteroatoms. The summed E-state index contributed by atoms with van der Waals surface area (Å²) < 4.78 is 6.13. The predicted octanol–water partition coefficient (Wildman–Crippen LogP) is 0.945. The number of rotatable bonds is 1. The third-order valence-corrected chi connectivity index (χ3v) is 6.53. The zero-order valence-corrected chi connectivity index (χ0v) is 11.9. The molecule has 4 aliphatic rings. The van der Waals surface area contributed by atoms with E-state index in [4.69, 9.17) is 4.74 Å². The van der Waals surface area contributed by atoms with Gasteiger partial charge in [0, 0.05) is 23.4 Å². The standard InChI is InChI=1S/C17H19NO3/c19-9-16-5-4-11(20)15-17(16)6-7-18-13(16)8-10-2-1-3-12(21-15)14(10)17/h1-3,13,15,18-19H,4-9H2/t13-,15?,16-,17+/m1/s1. The summed E-state index contributed by atoms with van der Waals surface area (Å²) in [5.41, 5.74) is 1.97. The average Bonchev–Trinajstić information content (AvgIpc) is 2.83. The maximum atomic E-state index is 12.6. The molecular weight excluding hydrogens is 266 g/mol. The first-order chi connectivity index (χ1) is 10.2. The summed E-state index contributed by atoms with van der Waals surface area (Å²) in [4.78, 5) is 12.6. The number of piperidine rings is 1. The highest BCUT2D eigenvalue weighted by molar-refractivity contribution is 5.89. The van der Waals surface area contributed by atoms with Gasteiger partial charge in [-0.2, -0.15) is 0 Å². The van der Waals surface area contributed by atoms with Gasteiger partial charge in [0.1, 0.15) is 5.75 Å². The van der Waals surface area contributed by atoms with Crippen LogP contribution in [-0.2, 0) is 16.6 Å². The fourth-order valence-corrected chi connectivity index (χ4v) is 5.71. The lowest BCUT2D eigenvalue weighted by Crippen LogP contribution is -2.73. The van der Waals surface area contributed by atoms with E-state index in [-0.39, 0.29) is 35.4 Å². The fourth-order valence-electron chi connectivity index (χ4n) is 5.71. The smallest absolute Gasteiger partial charge is 0.174 e. The second kappa shape index (κ2) is 3.68. The van der Waals surface area contributed by atoms with Crippen LogP contribution in [0.5, 0.6) is 5.75 Å². The molecule has 0 radical (unpaired) electrons. The van der Waals surface area contributed by atoms with Gasteiger partial charge in [-0.1, -0.05) is 12.1 Å². The van der Waals surface area contributed by atoms with Crippen molar-refractivity contribution in [1.82, 2.24) is 5.32 Å². The lowest BCUT2D eigenvalue weighted by Gasteiger charge is -2.62. The molecule has 0 amide bonds. The van der Waals surface area contributed by atoms with Crippen LogP contribution in [0.15, 0.2) is 18.2 Å². The number of benzene rings is 1. The van der Waals surface area contributed by atoms with Crippen LogP contribution in [-0.4, -0.2) is 36.2 Å². The topological polar surface area (TPSA) is 58.6 Å². The van der Waals surface area contributed by atoms with Crippen LogP contribution in [0.4, 0.5) is 0 Å². The first-order valence-corrected chi connectivity index (χ1v) is 7.89. The van der Waals surface area contributed by atoms with Crippen LogP contribution >= 0.6 is 0 Å². The number of ketones is 1. The van der Waals surface area contributed by atoms with Gasteiger partial charge in [-0.25, -0.2) is 0 Å². The van der Waals surface area contributed by atoms with Gasteiger partial charge in [-0.15, -0.1) is 0 Å². The minimum Gasteiger partial charge on any atom is -0.481 e. The SMILES string of the molecule is O=C1CC[C@@]2(CO)[C@H]3Cc4cccc5c4[C@@]2(CCN3)C1O5. The van der Waals surface area contributed by atoms with E-state index in [0.29, 0.717) is 6.42 Å². The van der Waals surface area contributed by atoms with Gasteiger partial charge >= 0.3 is 0 Å². The predicted molar refractivity (Wildman–Crippen MR) is 76.4 cm³/mol. The van der Waals surface area contributed by atoms with E-state index in [1.54, 1.807) is 0 Å². The Kier molecular flexibility index (Phi) is 2.13. The molecule has 1 saturated heterocycles. The van der Waals surface area contributed by atoms with E-state index in [0.717, 1.165) is 31.6 Å². The van der Waals surface area contributed by atoms with Crippen molar-refractivity contribution in [2.75, 3.05) is 13.2 Å². The molecular formula is C17H19NO3. The second-order valence-corrected chi connectivity index (χ2v) is 7.00. The van der Waals surface area contributed by atoms with Crippen LogP contribution in [0.1, 0.15) is 30.4 Å². The third-order valence-electron chi connectivity index (χ3n) is 6.53. The largest absolute Gasteiger partial charge is 0.481 e. The summed E-state index contributed by atoms with van der Waals surface area (Å²) in [5.74, 6) is 1.09. The number of Topliss-reactive ketones (excluding diaryl/α,β-unsaturated/α-hetero) is 1. The molecule has 4 atom stereocenters. The van der Waals surface area contributed by atoms with Crippen molar-refractivity contribution in [1.29, 1.82) is 0 Å². The molecule has 2 heterocycles. The van der Waals surface area contributed by atoms with E-state index < -0.39 is 0 Å². The molecule has 1 unspecified atom stereocenters. The summed E-state index contributed by atoms with van der Waals surface area (Å²) >= 11 is 0. The molecule has 1 aromatic rings. The molecule has 21 heavy (non-hydrogen) atoms. The van der Waals surface area contributed by atoms with Crippen LogP contribution in [0, 0.1) is 5.41 Å². The minimum absolute atomic E-state index is 0.131. The minimum atomic E-state index is -0.389. The monoisotopic (exact) mass is 285 g/mol. The second-order valence-electron chi connectivity index (χ2n) is 7.00. The highest BCUT2D eigenvalue weighted by Gasteiger charge is 2.71. The number of carbonyl (C=O) groups excluding carboxylic acids is 1. The van der Waals surface area contributed by atoms with Gasteiger partial charge in [0.15, 0.2) is 11.9 Å². The van der Waals surface area contributed by atoms with Crippen molar-refractivity contribution in [2.24, 2.45) is 5.41 Å². The van der Waals surface area contributed by atoms with Gasteiger partial charge in [0.2, 0.25) is 0 Å². The molecule has 5 rings (SSSR count). The van der Waals surface area contributed by atoms with Crippen molar-refractivity contribution in [3.05, 3.63) is 29.3 Å². The maximum absolute atomic E-state index is 12.6. The lowest BCUT2D eigenvalue weighted by molar-refractivity contribution is -0.149. The first-order valence-electron chi connectivity index (χ1n) is 7.89. The highest BCUT2D eigenvalue weighted by atomic mass is 16.5.